The van der Waals surface area contributed by atoms with Crippen molar-refractivity contribution >= 4 is 5.91 Å². The van der Waals surface area contributed by atoms with Crippen LogP contribution < -0.4 is 0 Å². The molecule has 14 heavy (non-hydrogen) atoms. The minimum Gasteiger partial charge on any atom is -0.371 e. The molecule has 1 aliphatic heterocycles. The molecule has 0 radical (unpaired) electrons. The lowest BCUT2D eigenvalue weighted by molar-refractivity contribution is -0.141. The van der Waals surface area contributed by atoms with E-state index in [2.05, 4.69) is 13.8 Å². The Hall–Kier alpha value is -0.570. The SMILES string of the molecule is CC(C)CC(=O)N1CCOC2(CC2)C1. The van der Waals surface area contributed by atoms with Crippen molar-refractivity contribution in [3.05, 3.63) is 0 Å². The van der Waals surface area contributed by atoms with E-state index >= 15 is 0 Å². The molecule has 0 aromatic rings. The van der Waals surface area contributed by atoms with E-state index < -0.39 is 0 Å². The molecule has 0 aromatic heterocycles. The summed E-state index contributed by atoms with van der Waals surface area (Å²) in [4.78, 5) is 13.8. The molecule has 2 rings (SSSR count). The van der Waals surface area contributed by atoms with Crippen molar-refractivity contribution in [1.29, 1.82) is 0 Å². The normalized spacial score (nSPS) is 24.4. The number of hydrogen-bond donors (Lipinski definition) is 0. The summed E-state index contributed by atoms with van der Waals surface area (Å²) in [6.45, 7) is 6.52. The molecule has 1 aliphatic carbocycles. The van der Waals surface area contributed by atoms with E-state index in [1.807, 2.05) is 4.90 Å². The fourth-order valence-corrected chi connectivity index (χ4v) is 1.98. The lowest BCUT2D eigenvalue weighted by Crippen LogP contribution is -2.47. The number of morpholine rings is 1. The molecule has 1 saturated heterocycles. The van der Waals surface area contributed by atoms with Gasteiger partial charge in [0.15, 0.2) is 0 Å². The molecule has 2 aliphatic rings. The van der Waals surface area contributed by atoms with Gasteiger partial charge in [-0.05, 0) is 18.8 Å². The first-order chi connectivity index (χ1) is 6.61. The number of amides is 1. The number of ether oxygens (including phenoxy) is 1. The van der Waals surface area contributed by atoms with Gasteiger partial charge in [0, 0.05) is 19.5 Å². The highest BCUT2D eigenvalue weighted by molar-refractivity contribution is 5.76. The highest BCUT2D eigenvalue weighted by atomic mass is 16.5. The first-order valence-electron chi connectivity index (χ1n) is 5.53. The highest BCUT2D eigenvalue weighted by Crippen LogP contribution is 2.42. The molecule has 1 saturated carbocycles. The molecule has 0 bridgehead atoms. The van der Waals surface area contributed by atoms with E-state index in [4.69, 9.17) is 4.74 Å². The Morgan fingerprint density at radius 2 is 2.21 bits per heavy atom. The molecule has 0 aromatic carbocycles. The minimum atomic E-state index is 0.0743. The van der Waals surface area contributed by atoms with Crippen molar-refractivity contribution in [1.82, 2.24) is 4.90 Å². The Morgan fingerprint density at radius 1 is 1.50 bits per heavy atom. The van der Waals surface area contributed by atoms with Gasteiger partial charge in [-0.3, -0.25) is 4.79 Å². The molecule has 1 amide bonds. The molecule has 2 fully saturated rings. The Kier molecular flexibility index (Phi) is 2.52. The topological polar surface area (TPSA) is 29.5 Å². The summed E-state index contributed by atoms with van der Waals surface area (Å²) < 4.78 is 5.67. The second-order valence-corrected chi connectivity index (χ2v) is 4.94. The van der Waals surface area contributed by atoms with Gasteiger partial charge in [-0.1, -0.05) is 13.8 Å². The first-order valence-corrected chi connectivity index (χ1v) is 5.53. The van der Waals surface area contributed by atoms with Gasteiger partial charge in [-0.2, -0.15) is 0 Å². The van der Waals surface area contributed by atoms with E-state index in [0.717, 1.165) is 32.5 Å². The number of carbonyl (C=O) groups excluding carboxylic acids is 1. The van der Waals surface area contributed by atoms with Crippen LogP contribution in [0.5, 0.6) is 0 Å². The fraction of sp³-hybridized carbons (Fsp3) is 0.909. The summed E-state index contributed by atoms with van der Waals surface area (Å²) in [5.41, 5.74) is 0.0743. The van der Waals surface area contributed by atoms with Gasteiger partial charge in [0.1, 0.15) is 0 Å². The summed E-state index contributed by atoms with van der Waals surface area (Å²) in [5.74, 6) is 0.759. The third kappa shape index (κ3) is 2.08. The maximum atomic E-state index is 11.8. The van der Waals surface area contributed by atoms with Crippen LogP contribution in [0.25, 0.3) is 0 Å². The van der Waals surface area contributed by atoms with Crippen LogP contribution in [0.15, 0.2) is 0 Å². The number of rotatable bonds is 2. The van der Waals surface area contributed by atoms with Crippen LogP contribution >= 0.6 is 0 Å². The zero-order chi connectivity index (χ0) is 10.2. The average molecular weight is 197 g/mol. The Morgan fingerprint density at radius 3 is 2.79 bits per heavy atom. The number of nitrogens with zero attached hydrogens (tertiary/aromatic N) is 1. The Labute approximate surface area is 85.4 Å². The molecule has 1 spiro atoms. The van der Waals surface area contributed by atoms with Crippen molar-refractivity contribution in [2.75, 3.05) is 19.7 Å². The van der Waals surface area contributed by atoms with E-state index in [9.17, 15) is 4.79 Å². The zero-order valence-corrected chi connectivity index (χ0v) is 9.08. The summed E-state index contributed by atoms with van der Waals surface area (Å²) in [6.07, 6.45) is 2.95. The van der Waals surface area contributed by atoms with Crippen molar-refractivity contribution in [2.45, 2.75) is 38.7 Å². The monoisotopic (exact) mass is 197 g/mol. The minimum absolute atomic E-state index is 0.0743. The Bertz CT molecular complexity index is 233. The van der Waals surface area contributed by atoms with Crippen LogP contribution in [-0.2, 0) is 9.53 Å². The van der Waals surface area contributed by atoms with Gasteiger partial charge in [0.25, 0.3) is 0 Å². The molecular weight excluding hydrogens is 178 g/mol. The van der Waals surface area contributed by atoms with Crippen LogP contribution in [-0.4, -0.2) is 36.1 Å². The molecular formula is C11H19NO2. The second kappa shape index (κ2) is 3.54. The van der Waals surface area contributed by atoms with E-state index in [1.165, 1.54) is 0 Å². The molecule has 80 valence electrons. The largest absolute Gasteiger partial charge is 0.371 e. The Balaban J connectivity index is 1.87. The standard InChI is InChI=1S/C11H19NO2/c1-9(2)7-10(13)12-5-6-14-11(8-12)3-4-11/h9H,3-8H2,1-2H3. The fourth-order valence-electron chi connectivity index (χ4n) is 1.98. The summed E-state index contributed by atoms with van der Waals surface area (Å²) in [6, 6.07) is 0. The molecule has 3 heteroatoms. The van der Waals surface area contributed by atoms with Crippen molar-refractivity contribution in [3.63, 3.8) is 0 Å². The van der Waals surface area contributed by atoms with Crippen LogP contribution in [0.3, 0.4) is 0 Å². The number of carbonyl (C=O) groups is 1. The molecule has 1 heterocycles. The van der Waals surface area contributed by atoms with Crippen LogP contribution in [0.2, 0.25) is 0 Å². The van der Waals surface area contributed by atoms with Crippen molar-refractivity contribution < 1.29 is 9.53 Å². The first kappa shape index (κ1) is 9.97. The van der Waals surface area contributed by atoms with E-state index in [1.54, 1.807) is 0 Å². The van der Waals surface area contributed by atoms with Crippen LogP contribution in [0.1, 0.15) is 33.1 Å². The van der Waals surface area contributed by atoms with Crippen molar-refractivity contribution in [3.8, 4) is 0 Å². The van der Waals surface area contributed by atoms with Crippen LogP contribution in [0, 0.1) is 5.92 Å². The van der Waals surface area contributed by atoms with Gasteiger partial charge in [-0.25, -0.2) is 0 Å². The summed E-state index contributed by atoms with van der Waals surface area (Å²) >= 11 is 0. The predicted molar refractivity (Wildman–Crippen MR) is 54.0 cm³/mol. The third-order valence-corrected chi connectivity index (χ3v) is 2.99. The zero-order valence-electron chi connectivity index (χ0n) is 9.08. The average Bonchev–Trinajstić information content (AvgIpc) is 2.84. The smallest absolute Gasteiger partial charge is 0.223 e. The molecule has 0 atom stereocenters. The quantitative estimate of drug-likeness (QED) is 0.670. The molecule has 3 nitrogen and oxygen atoms in total. The maximum Gasteiger partial charge on any atom is 0.223 e. The highest BCUT2D eigenvalue weighted by Gasteiger charge is 2.48. The summed E-state index contributed by atoms with van der Waals surface area (Å²) in [7, 11) is 0. The van der Waals surface area contributed by atoms with E-state index in [-0.39, 0.29) is 5.60 Å². The van der Waals surface area contributed by atoms with Gasteiger partial charge in [0.05, 0.1) is 12.2 Å². The van der Waals surface area contributed by atoms with Gasteiger partial charge in [0.2, 0.25) is 5.91 Å². The molecule has 0 unspecified atom stereocenters. The lowest BCUT2D eigenvalue weighted by Gasteiger charge is -2.33. The third-order valence-electron chi connectivity index (χ3n) is 2.99. The molecule has 0 N–H and O–H groups in total. The van der Waals surface area contributed by atoms with Gasteiger partial charge >= 0.3 is 0 Å². The van der Waals surface area contributed by atoms with Gasteiger partial charge in [-0.15, -0.1) is 0 Å². The van der Waals surface area contributed by atoms with Crippen LogP contribution in [0.4, 0.5) is 0 Å². The predicted octanol–water partition coefficient (Wildman–Crippen LogP) is 1.42. The van der Waals surface area contributed by atoms with Crippen molar-refractivity contribution in [2.24, 2.45) is 5.92 Å². The maximum absolute atomic E-state index is 11.8. The van der Waals surface area contributed by atoms with Gasteiger partial charge < -0.3 is 9.64 Å². The summed E-state index contributed by atoms with van der Waals surface area (Å²) in [5, 5.41) is 0. The lowest BCUT2D eigenvalue weighted by atomic mass is 10.1. The van der Waals surface area contributed by atoms with E-state index in [0.29, 0.717) is 18.2 Å². The number of hydrogen-bond acceptors (Lipinski definition) is 2. The second-order valence-electron chi connectivity index (χ2n) is 4.94.